The van der Waals surface area contributed by atoms with Gasteiger partial charge >= 0.3 is 0 Å². The summed E-state index contributed by atoms with van der Waals surface area (Å²) in [6, 6.07) is 4.82. The van der Waals surface area contributed by atoms with Crippen LogP contribution in [0.4, 0.5) is 0 Å². The summed E-state index contributed by atoms with van der Waals surface area (Å²) in [5, 5.41) is 0. The molecule has 1 aromatic rings. The first kappa shape index (κ1) is 12.5. The zero-order valence-corrected chi connectivity index (χ0v) is 10.7. The quantitative estimate of drug-likeness (QED) is 0.865. The molecule has 0 spiro atoms. The number of hydrogen-bond donors (Lipinski definition) is 1. The average molecular weight is 233 g/mol. The Balaban J connectivity index is 2.03. The number of rotatable bonds is 4. The van der Waals surface area contributed by atoms with Crippen molar-refractivity contribution in [1.82, 2.24) is 9.88 Å². The van der Waals surface area contributed by atoms with E-state index < -0.39 is 0 Å². The molecule has 0 aliphatic carbocycles. The van der Waals surface area contributed by atoms with Gasteiger partial charge in [0.2, 0.25) is 0 Å². The van der Waals surface area contributed by atoms with Crippen molar-refractivity contribution in [3.05, 3.63) is 30.1 Å². The Labute approximate surface area is 104 Å². The van der Waals surface area contributed by atoms with E-state index in [1.807, 2.05) is 18.5 Å². The molecule has 1 aromatic heterocycles. The highest BCUT2D eigenvalue weighted by Gasteiger charge is 2.28. The van der Waals surface area contributed by atoms with E-state index in [2.05, 4.69) is 22.9 Å². The summed E-state index contributed by atoms with van der Waals surface area (Å²) >= 11 is 0. The topological polar surface area (TPSA) is 42.1 Å². The first-order valence-corrected chi connectivity index (χ1v) is 6.68. The van der Waals surface area contributed by atoms with Crippen LogP contribution in [0.2, 0.25) is 0 Å². The zero-order chi connectivity index (χ0) is 12.1. The highest BCUT2D eigenvalue weighted by molar-refractivity contribution is 5.08. The van der Waals surface area contributed by atoms with Crippen LogP contribution >= 0.6 is 0 Å². The minimum Gasteiger partial charge on any atom is -0.330 e. The zero-order valence-electron chi connectivity index (χ0n) is 10.7. The van der Waals surface area contributed by atoms with Crippen molar-refractivity contribution in [2.75, 3.05) is 13.1 Å². The maximum absolute atomic E-state index is 5.89. The summed E-state index contributed by atoms with van der Waals surface area (Å²) in [6.07, 6.45) is 7.57. The van der Waals surface area contributed by atoms with E-state index >= 15 is 0 Å². The van der Waals surface area contributed by atoms with Gasteiger partial charge in [0.25, 0.3) is 0 Å². The van der Waals surface area contributed by atoms with Gasteiger partial charge in [0.1, 0.15) is 0 Å². The second kappa shape index (κ2) is 6.12. The minimum atomic E-state index is 0.647. The molecule has 2 atom stereocenters. The molecule has 0 saturated carbocycles. The van der Waals surface area contributed by atoms with Crippen LogP contribution in [0.25, 0.3) is 0 Å². The molecule has 1 saturated heterocycles. The van der Waals surface area contributed by atoms with E-state index in [-0.39, 0.29) is 0 Å². The summed E-state index contributed by atoms with van der Waals surface area (Å²) in [5.74, 6) is 0.672. The summed E-state index contributed by atoms with van der Waals surface area (Å²) in [5.41, 5.74) is 7.19. The molecule has 0 bridgehead atoms. The lowest BCUT2D eigenvalue weighted by molar-refractivity contribution is 0.0856. The van der Waals surface area contributed by atoms with Crippen LogP contribution in [0.3, 0.4) is 0 Å². The molecule has 94 valence electrons. The molecule has 2 rings (SSSR count). The van der Waals surface area contributed by atoms with E-state index in [9.17, 15) is 0 Å². The minimum absolute atomic E-state index is 0.647. The maximum Gasteiger partial charge on any atom is 0.0312 e. The number of likely N-dealkylation sites (tertiary alicyclic amines) is 1. The average Bonchev–Trinajstić information content (AvgIpc) is 2.39. The lowest BCUT2D eigenvalue weighted by atomic mass is 9.87. The molecule has 0 amide bonds. The second-order valence-electron chi connectivity index (χ2n) is 4.95. The normalized spacial score (nSPS) is 26.0. The Morgan fingerprint density at radius 3 is 3.06 bits per heavy atom. The molecule has 3 nitrogen and oxygen atoms in total. The number of nitrogens with zero attached hydrogens (tertiary/aromatic N) is 2. The van der Waals surface area contributed by atoms with E-state index in [1.165, 1.54) is 31.4 Å². The number of nitrogens with two attached hydrogens (primary N) is 1. The van der Waals surface area contributed by atoms with Gasteiger partial charge in [0, 0.05) is 25.0 Å². The predicted molar refractivity (Wildman–Crippen MR) is 70.5 cm³/mol. The molecule has 17 heavy (non-hydrogen) atoms. The Morgan fingerprint density at radius 1 is 1.53 bits per heavy atom. The van der Waals surface area contributed by atoms with Crippen molar-refractivity contribution < 1.29 is 0 Å². The van der Waals surface area contributed by atoms with Crippen LogP contribution in [0.1, 0.15) is 31.7 Å². The number of aromatic nitrogens is 1. The Bertz CT molecular complexity index is 325. The fourth-order valence-electron chi connectivity index (χ4n) is 3.00. The van der Waals surface area contributed by atoms with Gasteiger partial charge in [-0.1, -0.05) is 13.0 Å². The van der Waals surface area contributed by atoms with Crippen LogP contribution in [-0.4, -0.2) is 29.0 Å². The highest BCUT2D eigenvalue weighted by Crippen LogP contribution is 2.26. The predicted octanol–water partition coefficient (Wildman–Crippen LogP) is 2.03. The van der Waals surface area contributed by atoms with Gasteiger partial charge in [-0.25, -0.2) is 0 Å². The molecule has 1 aliphatic heterocycles. The monoisotopic (exact) mass is 233 g/mol. The third-order valence-corrected chi connectivity index (χ3v) is 3.86. The first-order valence-electron chi connectivity index (χ1n) is 6.68. The van der Waals surface area contributed by atoms with Crippen molar-refractivity contribution in [3.63, 3.8) is 0 Å². The fourth-order valence-corrected chi connectivity index (χ4v) is 3.00. The summed E-state index contributed by atoms with van der Waals surface area (Å²) < 4.78 is 0. The van der Waals surface area contributed by atoms with E-state index in [0.29, 0.717) is 12.0 Å². The lowest BCUT2D eigenvalue weighted by Gasteiger charge is -2.40. The number of pyridine rings is 1. The van der Waals surface area contributed by atoms with E-state index in [1.54, 1.807) is 0 Å². The second-order valence-corrected chi connectivity index (χ2v) is 4.95. The van der Waals surface area contributed by atoms with Crippen LogP contribution < -0.4 is 5.73 Å². The van der Waals surface area contributed by atoms with Gasteiger partial charge in [-0.2, -0.15) is 0 Å². The molecule has 0 radical (unpaired) electrons. The van der Waals surface area contributed by atoms with Gasteiger partial charge in [0.05, 0.1) is 0 Å². The first-order chi connectivity index (χ1) is 8.35. The number of hydrogen-bond acceptors (Lipinski definition) is 3. The van der Waals surface area contributed by atoms with Crippen molar-refractivity contribution >= 4 is 0 Å². The lowest BCUT2D eigenvalue weighted by Crippen LogP contribution is -2.46. The number of piperidine rings is 1. The van der Waals surface area contributed by atoms with Crippen LogP contribution in [0, 0.1) is 5.92 Å². The van der Waals surface area contributed by atoms with Crippen LogP contribution in [0.5, 0.6) is 0 Å². The van der Waals surface area contributed by atoms with Crippen LogP contribution in [0.15, 0.2) is 24.5 Å². The smallest absolute Gasteiger partial charge is 0.0312 e. The molecular weight excluding hydrogens is 210 g/mol. The van der Waals surface area contributed by atoms with E-state index in [0.717, 1.165) is 13.1 Å². The Hall–Kier alpha value is -0.930. The summed E-state index contributed by atoms with van der Waals surface area (Å²) in [7, 11) is 0. The van der Waals surface area contributed by atoms with Gasteiger partial charge in [-0.3, -0.25) is 9.88 Å². The van der Waals surface area contributed by atoms with Gasteiger partial charge < -0.3 is 5.73 Å². The van der Waals surface area contributed by atoms with Crippen molar-refractivity contribution in [3.8, 4) is 0 Å². The maximum atomic E-state index is 5.89. The van der Waals surface area contributed by atoms with Gasteiger partial charge in [-0.05, 0) is 49.9 Å². The van der Waals surface area contributed by atoms with Crippen molar-refractivity contribution in [1.29, 1.82) is 0 Å². The van der Waals surface area contributed by atoms with Crippen molar-refractivity contribution in [2.45, 2.75) is 38.8 Å². The SMILES string of the molecule is CC[C@@H]1[C@@H](CN)CCCN1Cc1cccnc1. The standard InChI is InChI=1S/C14H23N3/c1-2-14-13(9-15)6-4-8-17(14)11-12-5-3-7-16-10-12/h3,5,7,10,13-14H,2,4,6,8-9,11,15H2,1H3/t13-,14-/m1/s1. The highest BCUT2D eigenvalue weighted by atomic mass is 15.2. The third-order valence-electron chi connectivity index (χ3n) is 3.86. The molecule has 1 aliphatic rings. The molecule has 2 N–H and O–H groups in total. The Kier molecular flexibility index (Phi) is 4.51. The largest absolute Gasteiger partial charge is 0.330 e. The molecule has 1 fully saturated rings. The molecule has 2 heterocycles. The van der Waals surface area contributed by atoms with Crippen LogP contribution in [-0.2, 0) is 6.54 Å². The Morgan fingerprint density at radius 2 is 2.41 bits per heavy atom. The van der Waals surface area contributed by atoms with Gasteiger partial charge in [-0.15, -0.1) is 0 Å². The molecule has 0 aromatic carbocycles. The molecule has 0 unspecified atom stereocenters. The summed E-state index contributed by atoms with van der Waals surface area (Å²) in [6.45, 7) is 5.31. The summed E-state index contributed by atoms with van der Waals surface area (Å²) in [4.78, 5) is 6.77. The fraction of sp³-hybridized carbons (Fsp3) is 0.643. The third kappa shape index (κ3) is 3.05. The van der Waals surface area contributed by atoms with E-state index in [4.69, 9.17) is 5.73 Å². The van der Waals surface area contributed by atoms with Gasteiger partial charge in [0.15, 0.2) is 0 Å². The molecular formula is C14H23N3. The molecule has 3 heteroatoms. The van der Waals surface area contributed by atoms with Crippen molar-refractivity contribution in [2.24, 2.45) is 11.7 Å².